The van der Waals surface area contributed by atoms with E-state index in [1.54, 1.807) is 31.4 Å². The van der Waals surface area contributed by atoms with Gasteiger partial charge in [0.2, 0.25) is 10.0 Å². The minimum absolute atomic E-state index is 0. The van der Waals surface area contributed by atoms with Crippen LogP contribution in [0.15, 0.2) is 88.1 Å². The lowest BCUT2D eigenvalue weighted by atomic mass is 10.1. The van der Waals surface area contributed by atoms with Gasteiger partial charge in [0, 0.05) is 25.0 Å². The SMILES string of the molecule is Br.CCN(CC)S(=O)(=O)c1ccc(-c2csc(=Nc3ccc(F)cc3)n2CCc2ccc(OC)cc2)cc1. The van der Waals surface area contributed by atoms with Crippen molar-refractivity contribution in [2.24, 2.45) is 4.99 Å². The molecule has 38 heavy (non-hydrogen) atoms. The molecule has 3 aromatic carbocycles. The van der Waals surface area contributed by atoms with E-state index in [0.29, 0.717) is 25.3 Å². The van der Waals surface area contributed by atoms with E-state index in [2.05, 4.69) is 4.57 Å². The fourth-order valence-electron chi connectivity index (χ4n) is 4.03. The lowest BCUT2D eigenvalue weighted by molar-refractivity contribution is 0.414. The summed E-state index contributed by atoms with van der Waals surface area (Å²) in [5.74, 6) is 0.498. The van der Waals surface area contributed by atoms with Crippen molar-refractivity contribution < 1.29 is 17.5 Å². The maximum absolute atomic E-state index is 13.4. The van der Waals surface area contributed by atoms with Gasteiger partial charge in [-0.2, -0.15) is 4.31 Å². The Bertz CT molecular complexity index is 1490. The standard InChI is InChI=1S/C28H30FN3O3S2.BrH/c1-4-31(5-2)37(33,34)26-16-8-22(9-17-26)27-20-36-28(30-24-12-10-23(29)11-13-24)32(27)19-18-21-6-14-25(35-3)15-7-21;/h6-17,20H,4-5,18-19H2,1-3H3;1H. The predicted octanol–water partition coefficient (Wildman–Crippen LogP) is 6.45. The molecule has 0 atom stereocenters. The summed E-state index contributed by atoms with van der Waals surface area (Å²) in [6.07, 6.45) is 0.763. The summed E-state index contributed by atoms with van der Waals surface area (Å²) in [5, 5.41) is 2.02. The number of aromatic nitrogens is 1. The Morgan fingerprint density at radius 1 is 0.947 bits per heavy atom. The summed E-state index contributed by atoms with van der Waals surface area (Å²) in [4.78, 5) is 5.81. The number of rotatable bonds is 10. The molecule has 0 spiro atoms. The van der Waals surface area contributed by atoms with Crippen LogP contribution in [0.1, 0.15) is 19.4 Å². The third-order valence-electron chi connectivity index (χ3n) is 6.13. The number of hydrogen-bond donors (Lipinski definition) is 0. The highest BCUT2D eigenvalue weighted by Crippen LogP contribution is 2.25. The van der Waals surface area contributed by atoms with Gasteiger partial charge in [0.1, 0.15) is 11.6 Å². The number of nitrogens with zero attached hydrogens (tertiary/aromatic N) is 3. The highest BCUT2D eigenvalue weighted by molar-refractivity contribution is 8.93. The molecule has 4 aromatic rings. The van der Waals surface area contributed by atoms with E-state index in [1.807, 2.05) is 55.6 Å². The highest BCUT2D eigenvalue weighted by Gasteiger charge is 2.21. The van der Waals surface area contributed by atoms with Gasteiger partial charge in [0.15, 0.2) is 4.80 Å². The second kappa shape index (κ2) is 13.3. The second-order valence-electron chi connectivity index (χ2n) is 8.36. The molecule has 0 N–H and O–H groups in total. The van der Waals surface area contributed by atoms with Crippen LogP contribution in [0.5, 0.6) is 5.75 Å². The lowest BCUT2D eigenvalue weighted by Crippen LogP contribution is -2.30. The largest absolute Gasteiger partial charge is 0.497 e. The van der Waals surface area contributed by atoms with E-state index in [4.69, 9.17) is 9.73 Å². The molecular weight excluding hydrogens is 589 g/mol. The first-order valence-electron chi connectivity index (χ1n) is 12.1. The van der Waals surface area contributed by atoms with Crippen molar-refractivity contribution in [1.82, 2.24) is 8.87 Å². The Kier molecular flexibility index (Phi) is 10.4. The van der Waals surface area contributed by atoms with Gasteiger partial charge in [0.05, 0.1) is 23.4 Å². The molecule has 0 saturated heterocycles. The van der Waals surface area contributed by atoms with Crippen molar-refractivity contribution in [3.05, 3.63) is 94.4 Å². The van der Waals surface area contributed by atoms with E-state index in [0.717, 1.165) is 33.8 Å². The van der Waals surface area contributed by atoms with Crippen LogP contribution in [0.4, 0.5) is 10.1 Å². The first-order chi connectivity index (χ1) is 17.8. The maximum atomic E-state index is 13.4. The van der Waals surface area contributed by atoms with Gasteiger partial charge in [-0.05, 0) is 66.1 Å². The van der Waals surface area contributed by atoms with Gasteiger partial charge in [-0.3, -0.25) is 0 Å². The van der Waals surface area contributed by atoms with Crippen LogP contribution >= 0.6 is 28.3 Å². The molecule has 0 aliphatic rings. The van der Waals surface area contributed by atoms with E-state index in [-0.39, 0.29) is 27.7 Å². The number of hydrogen-bond acceptors (Lipinski definition) is 5. The zero-order chi connectivity index (χ0) is 26.4. The van der Waals surface area contributed by atoms with Crippen molar-refractivity contribution >= 4 is 44.0 Å². The molecule has 10 heteroatoms. The summed E-state index contributed by atoms with van der Waals surface area (Å²) in [6.45, 7) is 5.16. The summed E-state index contributed by atoms with van der Waals surface area (Å²) in [6, 6.07) is 21.0. The number of ether oxygens (including phenoxy) is 1. The fourth-order valence-corrected chi connectivity index (χ4v) is 6.45. The number of thiazole rings is 1. The monoisotopic (exact) mass is 619 g/mol. The summed E-state index contributed by atoms with van der Waals surface area (Å²) < 4.78 is 48.1. The average Bonchev–Trinajstić information content (AvgIpc) is 3.31. The number of benzene rings is 3. The van der Waals surface area contributed by atoms with Gasteiger partial charge in [0.25, 0.3) is 0 Å². The van der Waals surface area contributed by atoms with E-state index >= 15 is 0 Å². The van der Waals surface area contributed by atoms with Crippen LogP contribution in [-0.2, 0) is 23.0 Å². The topological polar surface area (TPSA) is 63.9 Å². The van der Waals surface area contributed by atoms with Crippen molar-refractivity contribution in [1.29, 1.82) is 0 Å². The van der Waals surface area contributed by atoms with Gasteiger partial charge >= 0.3 is 0 Å². The number of halogens is 2. The molecule has 0 amide bonds. The Morgan fingerprint density at radius 2 is 1.58 bits per heavy atom. The normalized spacial score (nSPS) is 12.0. The van der Waals surface area contributed by atoms with Crippen molar-refractivity contribution in [2.45, 2.75) is 31.7 Å². The third kappa shape index (κ3) is 6.79. The van der Waals surface area contributed by atoms with E-state index < -0.39 is 10.0 Å². The number of sulfonamides is 1. The van der Waals surface area contributed by atoms with Crippen LogP contribution in [0.3, 0.4) is 0 Å². The molecule has 202 valence electrons. The number of aryl methyl sites for hydroxylation is 1. The molecule has 0 radical (unpaired) electrons. The summed E-state index contributed by atoms with van der Waals surface area (Å²) in [7, 11) is -1.89. The van der Waals surface area contributed by atoms with Gasteiger partial charge < -0.3 is 9.30 Å². The van der Waals surface area contributed by atoms with Crippen molar-refractivity contribution in [3.63, 3.8) is 0 Å². The molecule has 0 saturated carbocycles. The first-order valence-corrected chi connectivity index (χ1v) is 14.4. The molecule has 4 rings (SSSR count). The molecule has 0 aliphatic carbocycles. The van der Waals surface area contributed by atoms with Gasteiger partial charge in [-0.1, -0.05) is 38.1 Å². The van der Waals surface area contributed by atoms with E-state index in [1.165, 1.54) is 27.8 Å². The van der Waals surface area contributed by atoms with Crippen molar-refractivity contribution in [2.75, 3.05) is 20.2 Å². The molecular formula is C28H31BrFN3O3S2. The predicted molar refractivity (Wildman–Crippen MR) is 156 cm³/mol. The number of methoxy groups -OCH3 is 1. The van der Waals surface area contributed by atoms with Crippen LogP contribution in [0.2, 0.25) is 0 Å². The summed E-state index contributed by atoms with van der Waals surface area (Å²) >= 11 is 1.49. The molecule has 1 aromatic heterocycles. The van der Waals surface area contributed by atoms with Crippen molar-refractivity contribution in [3.8, 4) is 17.0 Å². The van der Waals surface area contributed by atoms with E-state index in [9.17, 15) is 12.8 Å². The first kappa shape index (κ1) is 29.8. The second-order valence-corrected chi connectivity index (χ2v) is 11.1. The molecule has 0 aliphatic heterocycles. The Hall–Kier alpha value is -2.79. The Morgan fingerprint density at radius 3 is 2.16 bits per heavy atom. The van der Waals surface area contributed by atoms with Gasteiger partial charge in [-0.25, -0.2) is 17.8 Å². The Balaban J connectivity index is 0.00000400. The van der Waals surface area contributed by atoms with Crippen LogP contribution < -0.4 is 9.54 Å². The zero-order valence-electron chi connectivity index (χ0n) is 21.5. The molecule has 0 bridgehead atoms. The van der Waals surface area contributed by atoms with Crippen LogP contribution in [-0.4, -0.2) is 37.5 Å². The molecule has 0 fully saturated rings. The third-order valence-corrected chi connectivity index (χ3v) is 9.05. The summed E-state index contributed by atoms with van der Waals surface area (Å²) in [5.41, 5.74) is 3.64. The molecule has 1 heterocycles. The van der Waals surface area contributed by atoms with Gasteiger partial charge in [-0.15, -0.1) is 28.3 Å². The fraction of sp³-hybridized carbons (Fsp3) is 0.250. The highest BCUT2D eigenvalue weighted by atomic mass is 79.9. The zero-order valence-corrected chi connectivity index (χ0v) is 24.8. The minimum atomic E-state index is -3.53. The minimum Gasteiger partial charge on any atom is -0.497 e. The molecule has 0 unspecified atom stereocenters. The van der Waals surface area contributed by atoms with Crippen LogP contribution in [0, 0.1) is 5.82 Å². The smallest absolute Gasteiger partial charge is 0.243 e. The van der Waals surface area contributed by atoms with Crippen LogP contribution in [0.25, 0.3) is 11.3 Å². The molecule has 6 nitrogen and oxygen atoms in total. The average molecular weight is 621 g/mol. The maximum Gasteiger partial charge on any atom is 0.243 e. The Labute approximate surface area is 237 Å². The quantitative estimate of drug-likeness (QED) is 0.205. The lowest BCUT2D eigenvalue weighted by Gasteiger charge is -2.18.